The van der Waals surface area contributed by atoms with Crippen LogP contribution < -0.4 is 0 Å². The first-order valence-corrected chi connectivity index (χ1v) is 1.78. The van der Waals surface area contributed by atoms with Crippen molar-refractivity contribution in [3.8, 4) is 0 Å². The molecule has 40 valence electrons. The maximum atomic E-state index is 8.25. The first kappa shape index (κ1) is 15.9. The summed E-state index contributed by atoms with van der Waals surface area (Å²) in [6.45, 7) is 5.20. The Morgan fingerprint density at radius 1 is 1.71 bits per heavy atom. The summed E-state index contributed by atoms with van der Waals surface area (Å²) in [4.78, 5) is 0. The third-order valence-electron chi connectivity index (χ3n) is 0.471. The summed E-state index contributed by atoms with van der Waals surface area (Å²) in [5.41, 5.74) is 0. The minimum atomic E-state index is -0.366. The van der Waals surface area contributed by atoms with E-state index in [-0.39, 0.29) is 57.4 Å². The molecule has 0 fully saturated rings. The van der Waals surface area contributed by atoms with Crippen LogP contribution in [-0.4, -0.2) is 11.2 Å². The predicted octanol–water partition coefficient (Wildman–Crippen LogP) is 0.586. The number of aliphatic hydroxyl groups is 1. The van der Waals surface area contributed by atoms with Crippen molar-refractivity contribution < 1.29 is 56.4 Å². The van der Waals surface area contributed by atoms with E-state index in [4.69, 9.17) is 5.11 Å². The first-order chi connectivity index (χ1) is 2.27. The molecule has 1 atom stereocenters. The smallest absolute Gasteiger partial charge is 0 e. The van der Waals surface area contributed by atoms with Crippen molar-refractivity contribution in [2.24, 2.45) is 0 Å². The van der Waals surface area contributed by atoms with Gasteiger partial charge in [0.25, 0.3) is 0 Å². The van der Waals surface area contributed by atoms with E-state index >= 15 is 0 Å². The standard InChI is InChI=1S/C4H9O.V.Y/c1-3-4(2)5;;/h4-5H,2-3H2,1H3;;/q-1;;. The second-order valence-corrected chi connectivity index (χ2v) is 1.06. The number of hydrogen-bond acceptors (Lipinski definition) is 1. The molecule has 0 heterocycles. The SMILES string of the molecule is [CH2-]C(O)CC.[V].[Y]. The van der Waals surface area contributed by atoms with Gasteiger partial charge in [0, 0.05) is 51.3 Å². The van der Waals surface area contributed by atoms with Gasteiger partial charge in [0.1, 0.15) is 0 Å². The monoisotopic (exact) mass is 213 g/mol. The molecule has 0 aromatic heterocycles. The molecule has 2 radical (unpaired) electrons. The fourth-order valence-corrected chi connectivity index (χ4v) is 0. The normalized spacial score (nSPS) is 10.7. The van der Waals surface area contributed by atoms with Crippen molar-refractivity contribution in [3.05, 3.63) is 6.92 Å². The molecule has 7 heavy (non-hydrogen) atoms. The summed E-state index contributed by atoms with van der Waals surface area (Å²) in [5.74, 6) is 0. The van der Waals surface area contributed by atoms with Gasteiger partial charge in [-0.1, -0.05) is 19.4 Å². The number of rotatable bonds is 1. The van der Waals surface area contributed by atoms with Crippen LogP contribution in [0.3, 0.4) is 0 Å². The van der Waals surface area contributed by atoms with Gasteiger partial charge in [-0.05, 0) is 0 Å². The van der Waals surface area contributed by atoms with Crippen LogP contribution in [-0.2, 0) is 51.3 Å². The van der Waals surface area contributed by atoms with E-state index in [1.165, 1.54) is 0 Å². The molecule has 0 spiro atoms. The molecule has 3 heteroatoms. The molecule has 0 saturated heterocycles. The number of hydrogen-bond donors (Lipinski definition) is 1. The molecule has 0 bridgehead atoms. The third kappa shape index (κ3) is 18.3. The van der Waals surface area contributed by atoms with E-state index < -0.39 is 0 Å². The zero-order valence-corrected chi connectivity index (χ0v) is 8.70. The maximum absolute atomic E-state index is 8.25. The van der Waals surface area contributed by atoms with Crippen LogP contribution in [0.25, 0.3) is 0 Å². The van der Waals surface area contributed by atoms with Gasteiger partial charge in [0.2, 0.25) is 0 Å². The zero-order valence-electron chi connectivity index (χ0n) is 4.46. The van der Waals surface area contributed by atoms with Crippen molar-refractivity contribution in [3.63, 3.8) is 0 Å². The second-order valence-electron chi connectivity index (χ2n) is 1.06. The molecular formula is C4H9OVY-. The molecule has 1 nitrogen and oxygen atoms in total. The van der Waals surface area contributed by atoms with Gasteiger partial charge >= 0.3 is 0 Å². The summed E-state index contributed by atoms with van der Waals surface area (Å²) in [6, 6.07) is 0. The Morgan fingerprint density at radius 2 is 1.86 bits per heavy atom. The first-order valence-electron chi connectivity index (χ1n) is 1.78. The summed E-state index contributed by atoms with van der Waals surface area (Å²) < 4.78 is 0. The van der Waals surface area contributed by atoms with Crippen LogP contribution in [0.1, 0.15) is 13.3 Å². The Hall–Kier alpha value is 1.65. The van der Waals surface area contributed by atoms with Gasteiger partial charge in [0.05, 0.1) is 0 Å². The average Bonchev–Trinajstić information content (AvgIpc) is 1.38. The molecule has 0 aromatic rings. The zero-order chi connectivity index (χ0) is 4.28. The third-order valence-corrected chi connectivity index (χ3v) is 0.471. The maximum Gasteiger partial charge on any atom is 0 e. The van der Waals surface area contributed by atoms with Crippen molar-refractivity contribution in [2.45, 2.75) is 19.4 Å². The van der Waals surface area contributed by atoms with Crippen LogP contribution in [0.2, 0.25) is 0 Å². The Labute approximate surface area is 82.0 Å². The average molecular weight is 213 g/mol. The van der Waals surface area contributed by atoms with E-state index in [9.17, 15) is 0 Å². The Balaban J connectivity index is -0.0000000800. The van der Waals surface area contributed by atoms with Gasteiger partial charge in [0.15, 0.2) is 0 Å². The van der Waals surface area contributed by atoms with E-state index in [1.807, 2.05) is 6.92 Å². The number of aliphatic hydroxyl groups excluding tert-OH is 1. The molecule has 0 aliphatic rings. The van der Waals surface area contributed by atoms with Crippen molar-refractivity contribution >= 4 is 0 Å². The fourth-order valence-electron chi connectivity index (χ4n) is 0. The Morgan fingerprint density at radius 3 is 1.86 bits per heavy atom. The molecule has 0 aliphatic heterocycles. The Bertz CT molecular complexity index is 25.7. The summed E-state index contributed by atoms with van der Waals surface area (Å²) in [5, 5.41) is 8.25. The summed E-state index contributed by atoms with van der Waals surface area (Å²) in [7, 11) is 0. The van der Waals surface area contributed by atoms with Gasteiger partial charge in [-0.25, -0.2) is 0 Å². The van der Waals surface area contributed by atoms with Gasteiger partial charge < -0.3 is 12.0 Å². The molecule has 0 saturated carbocycles. The quantitative estimate of drug-likeness (QED) is 0.632. The second kappa shape index (κ2) is 10.6. The van der Waals surface area contributed by atoms with Gasteiger partial charge in [-0.2, -0.15) is 0 Å². The van der Waals surface area contributed by atoms with Crippen LogP contribution in [0.15, 0.2) is 0 Å². The van der Waals surface area contributed by atoms with E-state index in [1.54, 1.807) is 0 Å². The van der Waals surface area contributed by atoms with Crippen LogP contribution in [0.4, 0.5) is 0 Å². The molecule has 1 N–H and O–H groups in total. The van der Waals surface area contributed by atoms with Crippen LogP contribution in [0.5, 0.6) is 0 Å². The Kier molecular flexibility index (Phi) is 24.0. The molecule has 0 amide bonds. The molecular weight excluding hydrogens is 204 g/mol. The van der Waals surface area contributed by atoms with Gasteiger partial charge in [-0.15, -0.1) is 0 Å². The van der Waals surface area contributed by atoms with E-state index in [2.05, 4.69) is 6.92 Å². The van der Waals surface area contributed by atoms with Crippen LogP contribution >= 0.6 is 0 Å². The van der Waals surface area contributed by atoms with Crippen LogP contribution in [0, 0.1) is 6.92 Å². The predicted molar refractivity (Wildman–Crippen MR) is 21.7 cm³/mol. The minimum absolute atomic E-state index is 0. The molecule has 1 unspecified atom stereocenters. The van der Waals surface area contributed by atoms with E-state index in [0.29, 0.717) is 0 Å². The topological polar surface area (TPSA) is 20.2 Å². The largest absolute Gasteiger partial charge is 0.425 e. The molecule has 0 aromatic carbocycles. The van der Waals surface area contributed by atoms with Crippen molar-refractivity contribution in [1.82, 2.24) is 0 Å². The van der Waals surface area contributed by atoms with Crippen molar-refractivity contribution in [2.75, 3.05) is 0 Å². The summed E-state index contributed by atoms with van der Waals surface area (Å²) in [6.07, 6.45) is 0.384. The summed E-state index contributed by atoms with van der Waals surface area (Å²) >= 11 is 0. The minimum Gasteiger partial charge on any atom is -0.425 e. The molecule has 0 aliphatic carbocycles. The molecule has 0 rings (SSSR count). The van der Waals surface area contributed by atoms with E-state index in [0.717, 1.165) is 6.42 Å². The fraction of sp³-hybridized carbons (Fsp3) is 0.750. The van der Waals surface area contributed by atoms with Gasteiger partial charge in [-0.3, -0.25) is 0 Å². The van der Waals surface area contributed by atoms with Crippen molar-refractivity contribution in [1.29, 1.82) is 0 Å².